The van der Waals surface area contributed by atoms with Gasteiger partial charge in [0.05, 0.1) is 22.5 Å². The predicted molar refractivity (Wildman–Crippen MR) is 144 cm³/mol. The van der Waals surface area contributed by atoms with Gasteiger partial charge in [-0.1, -0.05) is 23.4 Å². The SMILES string of the molecule is CCOP(=O)(c1ccc(Cl)cc1C)N(CC1CCOCC1)c1cc(C#CC(C)(C)C)sc1C(=O)O. The molecular formula is C26H33ClNO5PS. The molecule has 1 aliphatic rings. The third-order valence-corrected chi connectivity index (χ3v) is 9.60. The monoisotopic (exact) mass is 537 g/mol. The first-order valence-corrected chi connectivity index (χ1v) is 14.5. The number of halogens is 1. The molecule has 0 amide bonds. The van der Waals surface area contributed by atoms with Crippen molar-refractivity contribution in [2.75, 3.05) is 31.0 Å². The second-order valence-electron chi connectivity index (χ2n) is 9.64. The number of hydrogen-bond donors (Lipinski definition) is 1. The molecule has 0 radical (unpaired) electrons. The highest BCUT2D eigenvalue weighted by Gasteiger charge is 2.40. The van der Waals surface area contributed by atoms with Gasteiger partial charge in [0.25, 0.3) is 0 Å². The van der Waals surface area contributed by atoms with Crippen LogP contribution in [0.5, 0.6) is 0 Å². The molecular weight excluding hydrogens is 505 g/mol. The van der Waals surface area contributed by atoms with Gasteiger partial charge in [-0.3, -0.25) is 9.24 Å². The molecule has 1 fully saturated rings. The van der Waals surface area contributed by atoms with Crippen LogP contribution in [-0.4, -0.2) is 37.4 Å². The van der Waals surface area contributed by atoms with E-state index in [0.717, 1.165) is 29.7 Å². The maximum Gasteiger partial charge on any atom is 0.348 e. The molecule has 1 N–H and O–H groups in total. The zero-order valence-corrected chi connectivity index (χ0v) is 23.4. The molecule has 35 heavy (non-hydrogen) atoms. The number of benzene rings is 1. The van der Waals surface area contributed by atoms with Crippen LogP contribution in [0.25, 0.3) is 0 Å². The second kappa shape index (κ2) is 11.5. The van der Waals surface area contributed by atoms with Gasteiger partial charge < -0.3 is 14.4 Å². The number of hydrogen-bond acceptors (Lipinski definition) is 5. The smallest absolute Gasteiger partial charge is 0.348 e. The van der Waals surface area contributed by atoms with Gasteiger partial charge in [-0.2, -0.15) is 0 Å². The first-order valence-electron chi connectivity index (χ1n) is 11.7. The summed E-state index contributed by atoms with van der Waals surface area (Å²) in [5, 5.41) is 11.1. The lowest BCUT2D eigenvalue weighted by atomic mass is 9.98. The Morgan fingerprint density at radius 2 is 2.00 bits per heavy atom. The molecule has 0 saturated carbocycles. The average Bonchev–Trinajstić information content (AvgIpc) is 3.20. The van der Waals surface area contributed by atoms with Crippen molar-refractivity contribution in [1.82, 2.24) is 0 Å². The number of nitrogens with zero attached hydrogens (tertiary/aromatic N) is 1. The van der Waals surface area contributed by atoms with Crippen molar-refractivity contribution in [3.05, 3.63) is 44.6 Å². The van der Waals surface area contributed by atoms with Crippen LogP contribution in [0.4, 0.5) is 5.69 Å². The van der Waals surface area contributed by atoms with E-state index >= 15 is 0 Å². The second-order valence-corrected chi connectivity index (χ2v) is 13.4. The minimum absolute atomic E-state index is 0.0989. The van der Waals surface area contributed by atoms with Gasteiger partial charge in [0.1, 0.15) is 4.88 Å². The Labute approximate surface area is 217 Å². The maximum atomic E-state index is 14.8. The highest BCUT2D eigenvalue weighted by atomic mass is 35.5. The summed E-state index contributed by atoms with van der Waals surface area (Å²) in [4.78, 5) is 13.0. The van der Waals surface area contributed by atoms with Crippen molar-refractivity contribution in [2.24, 2.45) is 11.3 Å². The Morgan fingerprint density at radius 3 is 2.57 bits per heavy atom. The minimum Gasteiger partial charge on any atom is -0.477 e. The molecule has 0 aliphatic carbocycles. The first kappa shape index (κ1) is 27.8. The Balaban J connectivity index is 2.21. The van der Waals surface area contributed by atoms with Crippen LogP contribution in [-0.2, 0) is 13.8 Å². The third kappa shape index (κ3) is 6.90. The molecule has 6 nitrogen and oxygen atoms in total. The van der Waals surface area contributed by atoms with E-state index in [4.69, 9.17) is 20.9 Å². The third-order valence-electron chi connectivity index (χ3n) is 5.60. The number of carboxylic acid groups (broad SMARTS) is 1. The fourth-order valence-corrected chi connectivity index (χ4v) is 7.64. The van der Waals surface area contributed by atoms with E-state index in [9.17, 15) is 14.5 Å². The molecule has 2 heterocycles. The normalized spacial score (nSPS) is 16.3. The summed E-state index contributed by atoms with van der Waals surface area (Å²) < 4.78 is 28.1. The molecule has 190 valence electrons. The van der Waals surface area contributed by atoms with E-state index in [-0.39, 0.29) is 22.8 Å². The molecule has 1 unspecified atom stereocenters. The van der Waals surface area contributed by atoms with E-state index in [1.807, 2.05) is 27.7 Å². The van der Waals surface area contributed by atoms with Gasteiger partial charge >= 0.3 is 13.5 Å². The summed E-state index contributed by atoms with van der Waals surface area (Å²) in [5.41, 5.74) is 0.862. The van der Waals surface area contributed by atoms with Crippen molar-refractivity contribution >= 4 is 47.4 Å². The van der Waals surface area contributed by atoms with Crippen molar-refractivity contribution in [2.45, 2.75) is 47.5 Å². The highest BCUT2D eigenvalue weighted by Crippen LogP contribution is 2.55. The van der Waals surface area contributed by atoms with E-state index in [1.54, 1.807) is 35.9 Å². The number of anilines is 1. The van der Waals surface area contributed by atoms with Crippen LogP contribution in [0.1, 0.15) is 60.6 Å². The molecule has 2 aromatic rings. The van der Waals surface area contributed by atoms with Gasteiger partial charge in [0.15, 0.2) is 0 Å². The summed E-state index contributed by atoms with van der Waals surface area (Å²) in [7, 11) is -3.70. The predicted octanol–water partition coefficient (Wildman–Crippen LogP) is 6.59. The fourth-order valence-electron chi connectivity index (χ4n) is 3.94. The Bertz CT molecular complexity index is 1170. The van der Waals surface area contributed by atoms with Gasteiger partial charge in [0, 0.05) is 30.2 Å². The topological polar surface area (TPSA) is 76.1 Å². The molecule has 1 aliphatic heterocycles. The zero-order chi connectivity index (χ0) is 25.8. The van der Waals surface area contributed by atoms with E-state index in [1.165, 1.54) is 0 Å². The van der Waals surface area contributed by atoms with Gasteiger partial charge in [-0.05, 0) is 83.2 Å². The fraction of sp³-hybridized carbons (Fsp3) is 0.500. The average molecular weight is 538 g/mol. The quantitative estimate of drug-likeness (QED) is 0.302. The first-order chi connectivity index (χ1) is 16.4. The molecule has 1 atom stereocenters. The maximum absolute atomic E-state index is 14.8. The lowest BCUT2D eigenvalue weighted by Gasteiger charge is -2.37. The van der Waals surface area contributed by atoms with E-state index < -0.39 is 13.5 Å². The number of carboxylic acids is 1. The Hall–Kier alpha value is -1.81. The van der Waals surface area contributed by atoms with Gasteiger partial charge in [-0.25, -0.2) is 4.79 Å². The van der Waals surface area contributed by atoms with Crippen LogP contribution < -0.4 is 9.97 Å². The highest BCUT2D eigenvalue weighted by molar-refractivity contribution is 7.68. The molecule has 0 bridgehead atoms. The Kier molecular flexibility index (Phi) is 9.12. The molecule has 1 aromatic heterocycles. The Morgan fingerprint density at radius 1 is 1.31 bits per heavy atom. The van der Waals surface area contributed by atoms with Crippen molar-refractivity contribution in [3.63, 3.8) is 0 Å². The van der Waals surface area contributed by atoms with Crippen molar-refractivity contribution in [1.29, 1.82) is 0 Å². The van der Waals surface area contributed by atoms with Gasteiger partial charge in [0.2, 0.25) is 0 Å². The number of aromatic carboxylic acids is 1. The molecule has 9 heteroatoms. The van der Waals surface area contributed by atoms with Crippen molar-refractivity contribution in [3.8, 4) is 11.8 Å². The summed E-state index contributed by atoms with van der Waals surface area (Å²) in [6.45, 7) is 11.4. The largest absolute Gasteiger partial charge is 0.477 e. The van der Waals surface area contributed by atoms with E-state index in [2.05, 4.69) is 11.8 Å². The van der Waals surface area contributed by atoms with Crippen LogP contribution >= 0.6 is 30.5 Å². The van der Waals surface area contributed by atoms with Crippen LogP contribution in [0.3, 0.4) is 0 Å². The number of ether oxygens (including phenoxy) is 1. The standard InChI is InChI=1S/C26H33ClNO5PS/c1-6-33-34(31,23-8-7-20(27)15-18(23)2)28(17-19-10-13-32-14-11-19)22-16-21(9-12-26(3,4)5)35-24(22)25(29)30/h7-8,15-16,19H,6,10-11,13-14,17H2,1-5H3,(H,29,30). The molecule has 1 aromatic carbocycles. The number of thiophene rings is 1. The summed E-state index contributed by atoms with van der Waals surface area (Å²) in [6.07, 6.45) is 1.59. The number of rotatable bonds is 8. The summed E-state index contributed by atoms with van der Waals surface area (Å²) in [5.74, 6) is 5.37. The number of carbonyl (C=O) groups is 1. The lowest BCUT2D eigenvalue weighted by molar-refractivity contribution is 0.0683. The molecule has 0 spiro atoms. The van der Waals surface area contributed by atoms with Crippen LogP contribution in [0.2, 0.25) is 5.02 Å². The van der Waals surface area contributed by atoms with Gasteiger partial charge in [-0.15, -0.1) is 11.3 Å². The van der Waals surface area contributed by atoms with E-state index in [0.29, 0.717) is 40.7 Å². The zero-order valence-electron chi connectivity index (χ0n) is 20.9. The van der Waals surface area contributed by atoms with Crippen molar-refractivity contribution < 1.29 is 23.7 Å². The molecule has 3 rings (SSSR count). The summed E-state index contributed by atoms with van der Waals surface area (Å²) in [6, 6.07) is 6.90. The van der Waals surface area contributed by atoms with Crippen LogP contribution in [0.15, 0.2) is 24.3 Å². The lowest BCUT2D eigenvalue weighted by Crippen LogP contribution is -2.35. The summed E-state index contributed by atoms with van der Waals surface area (Å²) >= 11 is 7.29. The van der Waals surface area contributed by atoms with Crippen LogP contribution in [0, 0.1) is 30.1 Å². The minimum atomic E-state index is -3.70. The molecule has 1 saturated heterocycles. The number of aryl methyl sites for hydroxylation is 1.